The number of hydrogen-bond donors (Lipinski definition) is 1. The van der Waals surface area contributed by atoms with Gasteiger partial charge in [-0.2, -0.15) is 0 Å². The molecule has 1 saturated heterocycles. The number of nitrogens with one attached hydrogen (secondary N) is 1. The van der Waals surface area contributed by atoms with Gasteiger partial charge in [0.2, 0.25) is 5.91 Å². The second kappa shape index (κ2) is 6.63. The highest BCUT2D eigenvalue weighted by molar-refractivity contribution is 5.83. The Balaban J connectivity index is 1.45. The van der Waals surface area contributed by atoms with Crippen LogP contribution in [0.1, 0.15) is 37.7 Å². The number of nitrogens with zero attached hydrogens (tertiary/aromatic N) is 1. The molecule has 0 bridgehead atoms. The first-order valence-corrected chi connectivity index (χ1v) is 9.18. The molecule has 0 spiro atoms. The third kappa shape index (κ3) is 2.97. The molecule has 1 saturated carbocycles. The Labute approximate surface area is 143 Å². The molecule has 24 heavy (non-hydrogen) atoms. The topological polar surface area (TPSA) is 50.8 Å². The summed E-state index contributed by atoms with van der Waals surface area (Å²) >= 11 is 0. The summed E-state index contributed by atoms with van der Waals surface area (Å²) in [6, 6.07) is 6.51. The number of benzene rings is 1. The molecule has 3 aliphatic rings. The van der Waals surface area contributed by atoms with Gasteiger partial charge in [-0.1, -0.05) is 13.0 Å². The molecule has 0 radical (unpaired) electrons. The minimum absolute atomic E-state index is 0.139. The molecule has 5 nitrogen and oxygen atoms in total. The van der Waals surface area contributed by atoms with E-state index >= 15 is 0 Å². The average Bonchev–Trinajstić information content (AvgIpc) is 3.24. The highest BCUT2D eigenvalue weighted by Crippen LogP contribution is 2.50. The van der Waals surface area contributed by atoms with Gasteiger partial charge in [0, 0.05) is 25.0 Å². The van der Waals surface area contributed by atoms with Crippen molar-refractivity contribution >= 4 is 5.91 Å². The van der Waals surface area contributed by atoms with E-state index in [9.17, 15) is 4.79 Å². The van der Waals surface area contributed by atoms with Gasteiger partial charge in [0.1, 0.15) is 13.2 Å². The van der Waals surface area contributed by atoms with Gasteiger partial charge in [-0.15, -0.1) is 0 Å². The smallest absolute Gasteiger partial charge is 0.226 e. The van der Waals surface area contributed by atoms with Crippen LogP contribution >= 0.6 is 0 Å². The number of carbonyl (C=O) groups is 1. The Morgan fingerprint density at radius 1 is 1.29 bits per heavy atom. The van der Waals surface area contributed by atoms with Gasteiger partial charge in [-0.3, -0.25) is 4.79 Å². The summed E-state index contributed by atoms with van der Waals surface area (Å²) in [7, 11) is 0. The van der Waals surface area contributed by atoms with E-state index in [1.54, 1.807) is 0 Å². The number of rotatable bonds is 5. The van der Waals surface area contributed by atoms with Crippen molar-refractivity contribution in [2.75, 3.05) is 32.8 Å². The van der Waals surface area contributed by atoms with Crippen molar-refractivity contribution in [1.29, 1.82) is 0 Å². The van der Waals surface area contributed by atoms with Gasteiger partial charge in [-0.25, -0.2) is 0 Å². The lowest BCUT2D eigenvalue weighted by Gasteiger charge is -2.28. The van der Waals surface area contributed by atoms with Gasteiger partial charge < -0.3 is 19.7 Å². The molecule has 1 aliphatic carbocycles. The zero-order valence-corrected chi connectivity index (χ0v) is 14.3. The first-order valence-electron chi connectivity index (χ1n) is 9.18. The fourth-order valence-electron chi connectivity index (χ4n) is 3.96. The summed E-state index contributed by atoms with van der Waals surface area (Å²) in [6.45, 7) is 6.19. The Morgan fingerprint density at radius 3 is 2.88 bits per heavy atom. The molecule has 0 aromatic heterocycles. The van der Waals surface area contributed by atoms with Crippen LogP contribution < -0.4 is 14.8 Å². The normalized spacial score (nSPS) is 27.8. The lowest BCUT2D eigenvalue weighted by molar-refractivity contribution is -0.134. The van der Waals surface area contributed by atoms with Crippen LogP contribution in [0.25, 0.3) is 0 Å². The van der Waals surface area contributed by atoms with Crippen molar-refractivity contribution in [2.45, 2.75) is 38.1 Å². The van der Waals surface area contributed by atoms with Crippen LogP contribution in [0, 0.1) is 5.92 Å². The van der Waals surface area contributed by atoms with Crippen LogP contribution in [0.3, 0.4) is 0 Å². The van der Waals surface area contributed by atoms with Crippen LogP contribution in [0.15, 0.2) is 18.2 Å². The Kier molecular flexibility index (Phi) is 4.35. The third-order valence-electron chi connectivity index (χ3n) is 5.32. The Hall–Kier alpha value is -1.75. The van der Waals surface area contributed by atoms with Crippen molar-refractivity contribution in [3.63, 3.8) is 0 Å². The van der Waals surface area contributed by atoms with Crippen LogP contribution in [-0.2, 0) is 4.79 Å². The standard InChI is InChI=1S/C19H26N2O3/c1-2-7-21(14-5-6-20-12-14)19(22)16-11-15(16)13-3-4-17-18(10-13)24-9-8-23-17/h3-4,10,14-16,20H,2,5-9,11-12H2,1H3. The number of ether oxygens (including phenoxy) is 2. The van der Waals surface area contributed by atoms with E-state index in [0.29, 0.717) is 31.1 Å². The van der Waals surface area contributed by atoms with Crippen LogP contribution in [0.2, 0.25) is 0 Å². The highest BCUT2D eigenvalue weighted by atomic mass is 16.6. The molecule has 5 heteroatoms. The maximum Gasteiger partial charge on any atom is 0.226 e. The molecule has 3 atom stereocenters. The van der Waals surface area contributed by atoms with Gasteiger partial charge in [0.25, 0.3) is 0 Å². The molecule has 1 aromatic rings. The third-order valence-corrected chi connectivity index (χ3v) is 5.32. The maximum absolute atomic E-state index is 13.0. The van der Waals surface area contributed by atoms with Crippen LogP contribution in [0.5, 0.6) is 11.5 Å². The van der Waals surface area contributed by atoms with E-state index in [1.807, 2.05) is 6.07 Å². The predicted octanol–water partition coefficient (Wildman–Crippen LogP) is 2.16. The van der Waals surface area contributed by atoms with Crippen molar-refractivity contribution in [1.82, 2.24) is 10.2 Å². The van der Waals surface area contributed by atoms with Crippen LogP contribution in [-0.4, -0.2) is 49.7 Å². The SMILES string of the molecule is CCCN(C(=O)C1CC1c1ccc2c(c1)OCCO2)C1CCNC1. The largest absolute Gasteiger partial charge is 0.486 e. The zero-order valence-electron chi connectivity index (χ0n) is 14.3. The van der Waals surface area contributed by atoms with Gasteiger partial charge in [0.15, 0.2) is 11.5 Å². The van der Waals surface area contributed by atoms with E-state index in [-0.39, 0.29) is 5.92 Å². The molecule has 2 aliphatic heterocycles. The summed E-state index contributed by atoms with van der Waals surface area (Å²) in [6.07, 6.45) is 3.05. The van der Waals surface area contributed by atoms with Gasteiger partial charge >= 0.3 is 0 Å². The van der Waals surface area contributed by atoms with E-state index in [2.05, 4.69) is 29.3 Å². The monoisotopic (exact) mass is 330 g/mol. The number of amides is 1. The fraction of sp³-hybridized carbons (Fsp3) is 0.632. The molecule has 1 amide bonds. The summed E-state index contributed by atoms with van der Waals surface area (Å²) in [5.41, 5.74) is 1.21. The molecule has 3 unspecified atom stereocenters. The molecular weight excluding hydrogens is 304 g/mol. The zero-order chi connectivity index (χ0) is 16.5. The van der Waals surface area contributed by atoms with Gasteiger partial charge in [0.05, 0.1) is 0 Å². The lowest BCUT2D eigenvalue weighted by atomic mass is 10.1. The predicted molar refractivity (Wildman–Crippen MR) is 91.6 cm³/mol. The Morgan fingerprint density at radius 2 is 2.12 bits per heavy atom. The molecule has 1 N–H and O–H groups in total. The molecule has 130 valence electrons. The molecule has 1 aromatic carbocycles. The molecule has 2 heterocycles. The summed E-state index contributed by atoms with van der Waals surface area (Å²) in [5, 5.41) is 3.38. The molecular formula is C19H26N2O3. The van der Waals surface area contributed by atoms with E-state index in [4.69, 9.17) is 9.47 Å². The summed E-state index contributed by atoms with van der Waals surface area (Å²) < 4.78 is 11.3. The van der Waals surface area contributed by atoms with Gasteiger partial charge in [-0.05, 0) is 49.4 Å². The number of fused-ring (bicyclic) bond motifs is 1. The van der Waals surface area contributed by atoms with Crippen molar-refractivity contribution in [3.8, 4) is 11.5 Å². The fourth-order valence-corrected chi connectivity index (χ4v) is 3.96. The number of carbonyl (C=O) groups excluding carboxylic acids is 1. The lowest BCUT2D eigenvalue weighted by Crippen LogP contribution is -2.43. The summed E-state index contributed by atoms with van der Waals surface area (Å²) in [5.74, 6) is 2.45. The van der Waals surface area contributed by atoms with Crippen molar-refractivity contribution in [2.24, 2.45) is 5.92 Å². The quantitative estimate of drug-likeness (QED) is 0.899. The van der Waals surface area contributed by atoms with E-state index < -0.39 is 0 Å². The molecule has 2 fully saturated rings. The highest BCUT2D eigenvalue weighted by Gasteiger charge is 2.47. The van der Waals surface area contributed by atoms with Crippen molar-refractivity contribution < 1.29 is 14.3 Å². The van der Waals surface area contributed by atoms with E-state index in [0.717, 1.165) is 50.4 Å². The summed E-state index contributed by atoms with van der Waals surface area (Å²) in [4.78, 5) is 15.1. The molecule has 4 rings (SSSR count). The first-order chi connectivity index (χ1) is 11.8. The second-order valence-electron chi connectivity index (χ2n) is 7.03. The minimum Gasteiger partial charge on any atom is -0.486 e. The van der Waals surface area contributed by atoms with E-state index in [1.165, 1.54) is 5.56 Å². The maximum atomic E-state index is 13.0. The minimum atomic E-state index is 0.139. The second-order valence-corrected chi connectivity index (χ2v) is 7.03. The first kappa shape index (κ1) is 15.8. The van der Waals surface area contributed by atoms with Crippen molar-refractivity contribution in [3.05, 3.63) is 23.8 Å². The number of hydrogen-bond acceptors (Lipinski definition) is 4. The van der Waals surface area contributed by atoms with Crippen LogP contribution in [0.4, 0.5) is 0 Å². The average molecular weight is 330 g/mol. The Bertz CT molecular complexity index is 613.